The number of Topliss-reactive ketones (excluding diaryl/α,β-unsaturated/α-hetero) is 1. The second-order valence-electron chi connectivity index (χ2n) is 5.30. The first-order valence-corrected chi connectivity index (χ1v) is 6.55. The van der Waals surface area contributed by atoms with Gasteiger partial charge in [-0.05, 0) is 26.3 Å². The van der Waals surface area contributed by atoms with Crippen molar-refractivity contribution in [2.24, 2.45) is 5.92 Å². The van der Waals surface area contributed by atoms with Crippen LogP contribution in [0.2, 0.25) is 0 Å². The van der Waals surface area contributed by atoms with Crippen molar-refractivity contribution < 1.29 is 4.79 Å². The Labute approximate surface area is 99.4 Å². The van der Waals surface area contributed by atoms with Crippen molar-refractivity contribution in [1.82, 2.24) is 10.6 Å². The maximum Gasteiger partial charge on any atom is 0.154 e. The third kappa shape index (κ3) is 3.87. The Morgan fingerprint density at radius 1 is 1.31 bits per heavy atom. The molecule has 1 rings (SSSR count). The van der Waals surface area contributed by atoms with Crippen LogP contribution in [-0.2, 0) is 4.79 Å². The van der Waals surface area contributed by atoms with Crippen LogP contribution in [0.3, 0.4) is 0 Å². The first-order chi connectivity index (χ1) is 7.52. The Balaban J connectivity index is 2.12. The topological polar surface area (TPSA) is 41.1 Å². The van der Waals surface area contributed by atoms with Crippen molar-refractivity contribution in [3.63, 3.8) is 0 Å². The summed E-state index contributed by atoms with van der Waals surface area (Å²) in [6.45, 7) is 9.50. The molecule has 0 saturated carbocycles. The van der Waals surface area contributed by atoms with E-state index in [2.05, 4.69) is 31.4 Å². The molecule has 16 heavy (non-hydrogen) atoms. The van der Waals surface area contributed by atoms with Crippen LogP contribution in [0, 0.1) is 5.92 Å². The predicted octanol–water partition coefficient (Wildman–Crippen LogP) is 1.72. The summed E-state index contributed by atoms with van der Waals surface area (Å²) in [7, 11) is 0. The van der Waals surface area contributed by atoms with Crippen LogP contribution in [0.25, 0.3) is 0 Å². The lowest BCUT2D eigenvalue weighted by atomic mass is 9.99. The van der Waals surface area contributed by atoms with Gasteiger partial charge >= 0.3 is 0 Å². The molecule has 0 spiro atoms. The molecule has 1 fully saturated rings. The second-order valence-corrected chi connectivity index (χ2v) is 5.30. The molecule has 2 N–H and O–H groups in total. The van der Waals surface area contributed by atoms with Gasteiger partial charge in [0.05, 0.1) is 6.04 Å². The molecule has 0 aromatic heterocycles. The Kier molecular flexibility index (Phi) is 5.42. The van der Waals surface area contributed by atoms with Crippen LogP contribution in [0.1, 0.15) is 47.0 Å². The fraction of sp³-hybridized carbons (Fsp3) is 0.923. The number of ketones is 1. The van der Waals surface area contributed by atoms with E-state index < -0.39 is 0 Å². The molecule has 1 aliphatic rings. The number of rotatable bonds is 6. The van der Waals surface area contributed by atoms with E-state index >= 15 is 0 Å². The van der Waals surface area contributed by atoms with Crippen LogP contribution in [0.15, 0.2) is 0 Å². The largest absolute Gasteiger partial charge is 0.315 e. The number of carbonyl (C=O) groups is 1. The Morgan fingerprint density at radius 3 is 2.50 bits per heavy atom. The molecule has 3 nitrogen and oxygen atoms in total. The summed E-state index contributed by atoms with van der Waals surface area (Å²) in [5, 5.41) is 6.78. The van der Waals surface area contributed by atoms with E-state index in [9.17, 15) is 4.79 Å². The summed E-state index contributed by atoms with van der Waals surface area (Å²) in [5.41, 5.74) is 0. The zero-order valence-electron chi connectivity index (χ0n) is 11.0. The van der Waals surface area contributed by atoms with Crippen LogP contribution in [0.5, 0.6) is 0 Å². The number of hydrogen-bond acceptors (Lipinski definition) is 3. The quantitative estimate of drug-likeness (QED) is 0.678. The summed E-state index contributed by atoms with van der Waals surface area (Å²) in [6, 6.07) is 1.03. The molecule has 0 amide bonds. The van der Waals surface area contributed by atoms with Gasteiger partial charge in [-0.1, -0.05) is 27.2 Å². The molecule has 1 unspecified atom stereocenters. The molecular weight excluding hydrogens is 200 g/mol. The van der Waals surface area contributed by atoms with Crippen molar-refractivity contribution in [1.29, 1.82) is 0 Å². The molecule has 0 aromatic rings. The highest BCUT2D eigenvalue weighted by Gasteiger charge is 2.35. The number of unbranched alkanes of at least 4 members (excludes halogenated alkanes) is 1. The smallest absolute Gasteiger partial charge is 0.154 e. The lowest BCUT2D eigenvalue weighted by molar-refractivity contribution is -0.121. The molecule has 1 heterocycles. The monoisotopic (exact) mass is 226 g/mol. The van der Waals surface area contributed by atoms with E-state index in [0.29, 0.717) is 17.9 Å². The van der Waals surface area contributed by atoms with E-state index in [-0.39, 0.29) is 12.0 Å². The minimum atomic E-state index is 0.115. The summed E-state index contributed by atoms with van der Waals surface area (Å²) in [5.74, 6) is 0.600. The summed E-state index contributed by atoms with van der Waals surface area (Å²) in [6.07, 6.45) is 3.28. The van der Waals surface area contributed by atoms with Crippen molar-refractivity contribution >= 4 is 5.78 Å². The molecule has 3 heteroatoms. The van der Waals surface area contributed by atoms with E-state index in [1.807, 2.05) is 6.92 Å². The van der Waals surface area contributed by atoms with Gasteiger partial charge < -0.3 is 10.6 Å². The highest BCUT2D eigenvalue weighted by atomic mass is 16.1. The average molecular weight is 226 g/mol. The molecule has 0 aromatic carbocycles. The van der Waals surface area contributed by atoms with Crippen LogP contribution >= 0.6 is 0 Å². The molecular formula is C13H26N2O. The lowest BCUT2D eigenvalue weighted by Crippen LogP contribution is -2.30. The Hall–Kier alpha value is -0.410. The van der Waals surface area contributed by atoms with Crippen molar-refractivity contribution in [3.05, 3.63) is 0 Å². The van der Waals surface area contributed by atoms with Crippen LogP contribution in [-0.4, -0.2) is 30.5 Å². The number of carbonyl (C=O) groups excluding carboxylic acids is 1. The fourth-order valence-electron chi connectivity index (χ4n) is 2.20. The first kappa shape index (κ1) is 13.7. The highest BCUT2D eigenvalue weighted by Crippen LogP contribution is 2.19. The van der Waals surface area contributed by atoms with Crippen molar-refractivity contribution in [2.45, 2.75) is 65.1 Å². The highest BCUT2D eigenvalue weighted by molar-refractivity contribution is 5.88. The second kappa shape index (κ2) is 6.36. The van der Waals surface area contributed by atoms with Gasteiger partial charge in [0, 0.05) is 18.0 Å². The summed E-state index contributed by atoms with van der Waals surface area (Å²) < 4.78 is 0. The Morgan fingerprint density at radius 2 is 2.00 bits per heavy atom. The zero-order chi connectivity index (χ0) is 12.1. The third-order valence-electron chi connectivity index (χ3n) is 3.48. The number of nitrogens with one attached hydrogen (secondary N) is 2. The van der Waals surface area contributed by atoms with E-state index in [4.69, 9.17) is 0 Å². The molecule has 0 radical (unpaired) electrons. The van der Waals surface area contributed by atoms with E-state index in [1.54, 1.807) is 0 Å². The van der Waals surface area contributed by atoms with Gasteiger partial charge in [-0.25, -0.2) is 0 Å². The number of hydrogen-bond donors (Lipinski definition) is 2. The van der Waals surface area contributed by atoms with Gasteiger partial charge in [0.2, 0.25) is 0 Å². The van der Waals surface area contributed by atoms with Gasteiger partial charge in [-0.3, -0.25) is 4.79 Å². The Bertz CT molecular complexity index is 228. The molecule has 3 atom stereocenters. The normalized spacial score (nSPS) is 30.3. The maximum absolute atomic E-state index is 11.8. The van der Waals surface area contributed by atoms with Crippen molar-refractivity contribution in [3.8, 4) is 0 Å². The van der Waals surface area contributed by atoms with Gasteiger partial charge in [0.25, 0.3) is 0 Å². The third-order valence-corrected chi connectivity index (χ3v) is 3.48. The van der Waals surface area contributed by atoms with Crippen LogP contribution in [0.4, 0.5) is 0 Å². The van der Waals surface area contributed by atoms with E-state index in [0.717, 1.165) is 25.8 Å². The molecule has 0 aliphatic carbocycles. The van der Waals surface area contributed by atoms with Crippen LogP contribution < -0.4 is 10.6 Å². The molecule has 1 aliphatic heterocycles. The van der Waals surface area contributed by atoms with Gasteiger partial charge in [0.1, 0.15) is 0 Å². The molecule has 0 bridgehead atoms. The minimum Gasteiger partial charge on any atom is -0.315 e. The molecule has 94 valence electrons. The van der Waals surface area contributed by atoms with Gasteiger partial charge in [-0.2, -0.15) is 0 Å². The standard InChI is InChI=1S/C13H26N2O/c1-9(2)14-8-6-5-7-12-13(16)10(3)11(4)15-12/h9-12,14-15H,5-8H2,1-4H3/t10-,11+,12?/m0/s1. The maximum atomic E-state index is 11.8. The molecule has 1 saturated heterocycles. The lowest BCUT2D eigenvalue weighted by Gasteiger charge is -2.11. The van der Waals surface area contributed by atoms with Gasteiger partial charge in [-0.15, -0.1) is 0 Å². The average Bonchev–Trinajstić information content (AvgIpc) is 2.45. The predicted molar refractivity (Wildman–Crippen MR) is 67.5 cm³/mol. The minimum absolute atomic E-state index is 0.115. The fourth-order valence-corrected chi connectivity index (χ4v) is 2.20. The van der Waals surface area contributed by atoms with E-state index in [1.165, 1.54) is 0 Å². The summed E-state index contributed by atoms with van der Waals surface area (Å²) >= 11 is 0. The van der Waals surface area contributed by atoms with Gasteiger partial charge in [0.15, 0.2) is 5.78 Å². The SMILES string of the molecule is CC(C)NCCCCC1N[C@H](C)[C@H](C)C1=O. The zero-order valence-corrected chi connectivity index (χ0v) is 11.0. The summed E-state index contributed by atoms with van der Waals surface area (Å²) in [4.78, 5) is 11.8. The van der Waals surface area contributed by atoms with Crippen molar-refractivity contribution in [2.75, 3.05) is 6.54 Å². The first-order valence-electron chi connectivity index (χ1n) is 6.55.